The summed E-state index contributed by atoms with van der Waals surface area (Å²) >= 11 is 0. The van der Waals surface area contributed by atoms with Crippen LogP contribution in [0.25, 0.3) is 0 Å². The Labute approximate surface area is 150 Å². The van der Waals surface area contributed by atoms with Crippen molar-refractivity contribution in [1.29, 1.82) is 0 Å². The van der Waals surface area contributed by atoms with E-state index in [1.165, 1.54) is 6.42 Å². The second-order valence-corrected chi connectivity index (χ2v) is 8.32. The Bertz CT molecular complexity index is 611. The highest BCUT2D eigenvalue weighted by Crippen LogP contribution is 2.55. The molecule has 1 saturated heterocycles. The molecule has 2 aliphatic carbocycles. The zero-order valence-corrected chi connectivity index (χ0v) is 15.1. The van der Waals surface area contributed by atoms with E-state index in [1.807, 2.05) is 30.3 Å². The first kappa shape index (κ1) is 17.0. The Kier molecular flexibility index (Phi) is 4.59. The largest absolute Gasteiger partial charge is 0.460 e. The average Bonchev–Trinajstić information content (AvgIpc) is 3.27. The van der Waals surface area contributed by atoms with Gasteiger partial charge in [0.25, 0.3) is 0 Å². The fraction of sp³-hybridized carbons (Fsp3) is 0.667. The van der Waals surface area contributed by atoms with Crippen molar-refractivity contribution in [2.24, 2.45) is 17.8 Å². The van der Waals surface area contributed by atoms with Gasteiger partial charge in [-0.15, -0.1) is 0 Å². The minimum atomic E-state index is -1.50. The molecule has 4 unspecified atom stereocenters. The van der Waals surface area contributed by atoms with Gasteiger partial charge in [0.05, 0.1) is 0 Å². The van der Waals surface area contributed by atoms with Crippen LogP contribution in [0.3, 0.4) is 0 Å². The van der Waals surface area contributed by atoms with E-state index in [-0.39, 0.29) is 12.0 Å². The molecule has 1 N–H and O–H groups in total. The number of nitrogens with zero attached hydrogens (tertiary/aromatic N) is 1. The molecule has 1 aromatic carbocycles. The number of aliphatic hydroxyl groups is 1. The standard InChI is InChI=1S/C21H29NO3/c1-22-11-9-18(10-12-22)25-20(23)21(24,17-5-3-2-4-6-17)19-14-15-7-8-16(19)13-15/h2-6,15-16,18-19,24H,7-14H2,1H3. The molecule has 4 nitrogen and oxygen atoms in total. The third-order valence-electron chi connectivity index (χ3n) is 6.74. The molecule has 2 bridgehead atoms. The Morgan fingerprint density at radius 2 is 1.84 bits per heavy atom. The predicted molar refractivity (Wildman–Crippen MR) is 95.9 cm³/mol. The number of carbonyl (C=O) groups excluding carboxylic acids is 1. The van der Waals surface area contributed by atoms with Crippen LogP contribution < -0.4 is 0 Å². The van der Waals surface area contributed by atoms with Gasteiger partial charge in [0.2, 0.25) is 0 Å². The first-order chi connectivity index (χ1) is 12.1. The van der Waals surface area contributed by atoms with Gasteiger partial charge in [0, 0.05) is 19.0 Å². The highest BCUT2D eigenvalue weighted by Gasteiger charge is 2.55. The van der Waals surface area contributed by atoms with Gasteiger partial charge in [0.1, 0.15) is 6.10 Å². The molecule has 3 aliphatic rings. The summed E-state index contributed by atoms with van der Waals surface area (Å²) in [4.78, 5) is 15.4. The van der Waals surface area contributed by atoms with Crippen molar-refractivity contribution in [2.75, 3.05) is 20.1 Å². The lowest BCUT2D eigenvalue weighted by atomic mass is 9.72. The van der Waals surface area contributed by atoms with Crippen molar-refractivity contribution < 1.29 is 14.6 Å². The van der Waals surface area contributed by atoms with E-state index < -0.39 is 11.6 Å². The molecule has 0 spiro atoms. The topological polar surface area (TPSA) is 49.8 Å². The zero-order chi connectivity index (χ0) is 17.4. The van der Waals surface area contributed by atoms with Crippen LogP contribution in [0.5, 0.6) is 0 Å². The van der Waals surface area contributed by atoms with Crippen LogP contribution in [0.15, 0.2) is 30.3 Å². The van der Waals surface area contributed by atoms with Crippen molar-refractivity contribution in [2.45, 2.75) is 50.2 Å². The number of piperidine rings is 1. The summed E-state index contributed by atoms with van der Waals surface area (Å²) in [7, 11) is 2.09. The molecule has 4 atom stereocenters. The SMILES string of the molecule is CN1CCC(OC(=O)C(O)(c2ccccc2)C2CC3CCC2C3)CC1. The van der Waals surface area contributed by atoms with Crippen LogP contribution in [-0.2, 0) is 15.1 Å². The van der Waals surface area contributed by atoms with Crippen LogP contribution in [-0.4, -0.2) is 42.2 Å². The monoisotopic (exact) mass is 343 g/mol. The van der Waals surface area contributed by atoms with Crippen molar-refractivity contribution in [3.8, 4) is 0 Å². The number of benzene rings is 1. The maximum absolute atomic E-state index is 13.2. The molecule has 4 rings (SSSR count). The summed E-state index contributed by atoms with van der Waals surface area (Å²) in [6.45, 7) is 1.88. The molecule has 3 fully saturated rings. The number of rotatable bonds is 4. The van der Waals surface area contributed by atoms with Gasteiger partial charge in [-0.2, -0.15) is 0 Å². The summed E-state index contributed by atoms with van der Waals surface area (Å²) in [5, 5.41) is 11.7. The zero-order valence-electron chi connectivity index (χ0n) is 15.1. The molecule has 0 amide bonds. The van der Waals surface area contributed by atoms with Gasteiger partial charge in [-0.25, -0.2) is 4.79 Å². The number of hydrogen-bond donors (Lipinski definition) is 1. The van der Waals surface area contributed by atoms with Crippen molar-refractivity contribution in [3.63, 3.8) is 0 Å². The normalized spacial score (nSPS) is 32.5. The number of fused-ring (bicyclic) bond motifs is 2. The molecule has 136 valence electrons. The quantitative estimate of drug-likeness (QED) is 0.854. The lowest BCUT2D eigenvalue weighted by Gasteiger charge is -2.39. The Hall–Kier alpha value is -1.39. The van der Waals surface area contributed by atoms with Crippen LogP contribution >= 0.6 is 0 Å². The van der Waals surface area contributed by atoms with Crippen LogP contribution in [0.4, 0.5) is 0 Å². The molecule has 1 aliphatic heterocycles. The molecule has 1 aromatic rings. The van der Waals surface area contributed by atoms with Gasteiger partial charge in [-0.05, 0) is 56.6 Å². The smallest absolute Gasteiger partial charge is 0.343 e. The Morgan fingerprint density at radius 1 is 1.12 bits per heavy atom. The molecular formula is C21H29NO3. The van der Waals surface area contributed by atoms with E-state index in [1.54, 1.807) is 0 Å². The van der Waals surface area contributed by atoms with E-state index in [0.29, 0.717) is 17.4 Å². The maximum atomic E-state index is 13.2. The summed E-state index contributed by atoms with van der Waals surface area (Å²) in [6, 6.07) is 9.48. The van der Waals surface area contributed by atoms with Crippen molar-refractivity contribution in [1.82, 2.24) is 4.90 Å². The van der Waals surface area contributed by atoms with Gasteiger partial charge in [-0.1, -0.05) is 36.8 Å². The first-order valence-corrected chi connectivity index (χ1v) is 9.75. The second kappa shape index (κ2) is 6.73. The van der Waals surface area contributed by atoms with Gasteiger partial charge >= 0.3 is 5.97 Å². The van der Waals surface area contributed by atoms with E-state index in [9.17, 15) is 9.90 Å². The number of esters is 1. The minimum absolute atomic E-state index is 0.00702. The van der Waals surface area contributed by atoms with Gasteiger partial charge < -0.3 is 14.7 Å². The predicted octanol–water partition coefficient (Wildman–Crippen LogP) is 2.95. The first-order valence-electron chi connectivity index (χ1n) is 9.75. The summed E-state index contributed by atoms with van der Waals surface area (Å²) < 4.78 is 5.86. The van der Waals surface area contributed by atoms with E-state index in [0.717, 1.165) is 45.2 Å². The highest BCUT2D eigenvalue weighted by molar-refractivity contribution is 5.82. The fourth-order valence-corrected chi connectivity index (χ4v) is 5.28. The Balaban J connectivity index is 1.58. The van der Waals surface area contributed by atoms with Gasteiger partial charge in [0.15, 0.2) is 5.60 Å². The van der Waals surface area contributed by atoms with Crippen LogP contribution in [0, 0.1) is 17.8 Å². The van der Waals surface area contributed by atoms with Crippen molar-refractivity contribution >= 4 is 5.97 Å². The third kappa shape index (κ3) is 3.11. The van der Waals surface area contributed by atoms with E-state index >= 15 is 0 Å². The lowest BCUT2D eigenvalue weighted by molar-refractivity contribution is -0.184. The summed E-state index contributed by atoms with van der Waals surface area (Å²) in [5.41, 5.74) is -0.796. The van der Waals surface area contributed by atoms with E-state index in [2.05, 4.69) is 11.9 Å². The van der Waals surface area contributed by atoms with Crippen LogP contribution in [0.2, 0.25) is 0 Å². The van der Waals surface area contributed by atoms with Crippen LogP contribution in [0.1, 0.15) is 44.1 Å². The molecule has 4 heteroatoms. The number of likely N-dealkylation sites (tertiary alicyclic amines) is 1. The van der Waals surface area contributed by atoms with Crippen molar-refractivity contribution in [3.05, 3.63) is 35.9 Å². The molecule has 0 radical (unpaired) electrons. The molecule has 2 saturated carbocycles. The molecule has 25 heavy (non-hydrogen) atoms. The molecule has 1 heterocycles. The summed E-state index contributed by atoms with van der Waals surface area (Å²) in [5.74, 6) is 0.680. The highest BCUT2D eigenvalue weighted by atomic mass is 16.6. The fourth-order valence-electron chi connectivity index (χ4n) is 5.28. The second-order valence-electron chi connectivity index (χ2n) is 8.32. The maximum Gasteiger partial charge on any atom is 0.343 e. The average molecular weight is 343 g/mol. The number of hydrogen-bond acceptors (Lipinski definition) is 4. The molecular weight excluding hydrogens is 314 g/mol. The Morgan fingerprint density at radius 3 is 2.44 bits per heavy atom. The number of ether oxygens (including phenoxy) is 1. The summed E-state index contributed by atoms with van der Waals surface area (Å²) in [6.07, 6.45) is 6.10. The minimum Gasteiger partial charge on any atom is -0.460 e. The van der Waals surface area contributed by atoms with Gasteiger partial charge in [-0.3, -0.25) is 0 Å². The lowest BCUT2D eigenvalue weighted by Crippen LogP contribution is -2.48. The third-order valence-corrected chi connectivity index (χ3v) is 6.74. The number of carbonyl (C=O) groups is 1. The molecule has 0 aromatic heterocycles. The van der Waals surface area contributed by atoms with E-state index in [4.69, 9.17) is 4.74 Å².